The molecule has 10 heteroatoms. The van der Waals surface area contributed by atoms with Gasteiger partial charge in [0, 0.05) is 46.1 Å². The van der Waals surface area contributed by atoms with Gasteiger partial charge >= 0.3 is 5.69 Å². The molecular formula is C18H21N7O3. The number of aryl methyl sites for hydroxylation is 1. The molecule has 1 unspecified atom stereocenters. The monoisotopic (exact) mass is 383 g/mol. The minimum atomic E-state index is -0.465. The third-order valence-corrected chi connectivity index (χ3v) is 5.16. The van der Waals surface area contributed by atoms with Crippen molar-refractivity contribution in [1.82, 2.24) is 33.9 Å². The average molecular weight is 383 g/mol. The Kier molecular flexibility index (Phi) is 4.55. The summed E-state index contributed by atoms with van der Waals surface area (Å²) in [7, 11) is 2.97. The Morgan fingerprint density at radius 3 is 2.86 bits per heavy atom. The molecular weight excluding hydrogens is 362 g/mol. The first-order valence-electron chi connectivity index (χ1n) is 9.00. The van der Waals surface area contributed by atoms with Crippen molar-refractivity contribution < 1.29 is 4.79 Å². The Balaban J connectivity index is 1.68. The van der Waals surface area contributed by atoms with Crippen LogP contribution in [-0.2, 0) is 25.4 Å². The smallest absolute Gasteiger partial charge is 0.331 e. The number of aromatic nitrogens is 5. The van der Waals surface area contributed by atoms with Gasteiger partial charge < -0.3 is 14.8 Å². The fraction of sp³-hybridized carbons (Fsp3) is 0.389. The molecule has 3 aromatic rings. The van der Waals surface area contributed by atoms with Crippen LogP contribution in [0.4, 0.5) is 0 Å². The van der Waals surface area contributed by atoms with Gasteiger partial charge in [-0.1, -0.05) is 6.07 Å². The molecule has 1 fully saturated rings. The Morgan fingerprint density at radius 1 is 1.29 bits per heavy atom. The lowest BCUT2D eigenvalue weighted by molar-refractivity contribution is -0.135. The molecule has 0 radical (unpaired) electrons. The van der Waals surface area contributed by atoms with Gasteiger partial charge in [0.15, 0.2) is 11.2 Å². The highest BCUT2D eigenvalue weighted by Crippen LogP contribution is 2.22. The van der Waals surface area contributed by atoms with E-state index in [0.717, 1.165) is 10.1 Å². The Bertz CT molecular complexity index is 1150. The van der Waals surface area contributed by atoms with Crippen molar-refractivity contribution in [2.75, 3.05) is 19.6 Å². The largest absolute Gasteiger partial charge is 0.332 e. The number of rotatable bonds is 3. The number of carbonyl (C=O) groups excluding carboxylic acids is 1. The van der Waals surface area contributed by atoms with Gasteiger partial charge in [-0.05, 0) is 11.6 Å². The summed E-state index contributed by atoms with van der Waals surface area (Å²) in [6, 6.07) is 3.67. The van der Waals surface area contributed by atoms with Crippen LogP contribution in [0.1, 0.15) is 11.6 Å². The van der Waals surface area contributed by atoms with E-state index in [1.807, 2.05) is 12.1 Å². The van der Waals surface area contributed by atoms with Crippen molar-refractivity contribution in [3.63, 3.8) is 0 Å². The van der Waals surface area contributed by atoms with Crippen LogP contribution < -0.4 is 16.6 Å². The van der Waals surface area contributed by atoms with Gasteiger partial charge in [0.05, 0.1) is 12.4 Å². The molecule has 28 heavy (non-hydrogen) atoms. The average Bonchev–Trinajstić information content (AvgIpc) is 3.15. The summed E-state index contributed by atoms with van der Waals surface area (Å²) in [6.45, 7) is 1.87. The predicted octanol–water partition coefficient (Wildman–Crippen LogP) is -0.998. The maximum atomic E-state index is 13.1. The van der Waals surface area contributed by atoms with Crippen molar-refractivity contribution in [1.29, 1.82) is 0 Å². The lowest BCUT2D eigenvalue weighted by Gasteiger charge is -2.36. The predicted molar refractivity (Wildman–Crippen MR) is 102 cm³/mol. The van der Waals surface area contributed by atoms with Gasteiger partial charge in [0.25, 0.3) is 5.56 Å². The molecule has 0 bridgehead atoms. The molecule has 0 aromatic carbocycles. The number of piperazine rings is 1. The summed E-state index contributed by atoms with van der Waals surface area (Å²) in [4.78, 5) is 47.9. The number of carbonyl (C=O) groups is 1. The molecule has 10 nitrogen and oxygen atoms in total. The number of fused-ring (bicyclic) bond motifs is 1. The maximum absolute atomic E-state index is 13.1. The molecule has 1 N–H and O–H groups in total. The second kappa shape index (κ2) is 7.04. The number of nitrogens with one attached hydrogen (secondary N) is 1. The topological polar surface area (TPSA) is 107 Å². The first kappa shape index (κ1) is 18.1. The van der Waals surface area contributed by atoms with E-state index in [1.54, 1.807) is 24.3 Å². The van der Waals surface area contributed by atoms with E-state index in [1.165, 1.54) is 22.5 Å². The highest BCUT2D eigenvalue weighted by atomic mass is 16.2. The molecule has 0 spiro atoms. The van der Waals surface area contributed by atoms with Crippen LogP contribution in [0.3, 0.4) is 0 Å². The Morgan fingerprint density at radius 2 is 2.11 bits per heavy atom. The van der Waals surface area contributed by atoms with Crippen LogP contribution in [0, 0.1) is 0 Å². The zero-order chi connectivity index (χ0) is 19.8. The fourth-order valence-electron chi connectivity index (χ4n) is 3.63. The second-order valence-corrected chi connectivity index (χ2v) is 6.84. The van der Waals surface area contributed by atoms with E-state index in [9.17, 15) is 14.4 Å². The third-order valence-electron chi connectivity index (χ3n) is 5.16. The summed E-state index contributed by atoms with van der Waals surface area (Å²) >= 11 is 0. The molecule has 4 heterocycles. The van der Waals surface area contributed by atoms with Gasteiger partial charge in [-0.25, -0.2) is 9.78 Å². The summed E-state index contributed by atoms with van der Waals surface area (Å²) in [5, 5.41) is 3.30. The molecule has 1 saturated heterocycles. The van der Waals surface area contributed by atoms with Crippen molar-refractivity contribution in [3.8, 4) is 0 Å². The van der Waals surface area contributed by atoms with E-state index in [2.05, 4.69) is 15.3 Å². The Labute approximate surface area is 160 Å². The number of hydrogen-bond donors (Lipinski definition) is 1. The fourth-order valence-corrected chi connectivity index (χ4v) is 3.63. The van der Waals surface area contributed by atoms with Crippen molar-refractivity contribution in [2.45, 2.75) is 12.6 Å². The standard InChI is InChI=1S/C18H21N7O3/c1-22-16-15(17(27)23(2)18(22)28)24(11-21-16)10-14(26)25-7-6-20-9-13(25)12-4-3-5-19-8-12/h3-5,8,11,13,20H,6-7,9-10H2,1-2H3. The van der Waals surface area contributed by atoms with Crippen LogP contribution >= 0.6 is 0 Å². The lowest BCUT2D eigenvalue weighted by atomic mass is 10.1. The summed E-state index contributed by atoms with van der Waals surface area (Å²) in [5.41, 5.74) is 0.549. The molecule has 1 atom stereocenters. The molecule has 4 rings (SSSR count). The number of amides is 1. The van der Waals surface area contributed by atoms with Gasteiger partial charge in [0.1, 0.15) is 6.54 Å². The molecule has 146 valence electrons. The van der Waals surface area contributed by atoms with Crippen LogP contribution in [0.5, 0.6) is 0 Å². The summed E-state index contributed by atoms with van der Waals surface area (Å²) in [6.07, 6.45) is 4.89. The van der Waals surface area contributed by atoms with Crippen molar-refractivity contribution in [2.24, 2.45) is 14.1 Å². The maximum Gasteiger partial charge on any atom is 0.332 e. The number of pyridine rings is 1. The summed E-state index contributed by atoms with van der Waals surface area (Å²) < 4.78 is 3.84. The first-order valence-corrected chi connectivity index (χ1v) is 9.00. The number of hydrogen-bond acceptors (Lipinski definition) is 6. The van der Waals surface area contributed by atoms with Crippen molar-refractivity contribution in [3.05, 3.63) is 57.3 Å². The molecule has 0 aliphatic carbocycles. The van der Waals surface area contributed by atoms with E-state index in [4.69, 9.17) is 0 Å². The third kappa shape index (κ3) is 2.91. The highest BCUT2D eigenvalue weighted by molar-refractivity contribution is 5.79. The van der Waals surface area contributed by atoms with E-state index >= 15 is 0 Å². The molecule has 3 aromatic heterocycles. The first-order chi connectivity index (χ1) is 13.5. The molecule has 0 saturated carbocycles. The van der Waals surface area contributed by atoms with Crippen LogP contribution in [0.2, 0.25) is 0 Å². The second-order valence-electron chi connectivity index (χ2n) is 6.84. The van der Waals surface area contributed by atoms with E-state index in [-0.39, 0.29) is 29.7 Å². The Hall–Kier alpha value is -3.27. The zero-order valence-corrected chi connectivity index (χ0v) is 15.7. The van der Waals surface area contributed by atoms with Crippen molar-refractivity contribution >= 4 is 17.1 Å². The van der Waals surface area contributed by atoms with Gasteiger partial charge in [-0.3, -0.25) is 23.7 Å². The normalized spacial score (nSPS) is 17.2. The van der Waals surface area contributed by atoms with E-state index in [0.29, 0.717) is 19.6 Å². The van der Waals surface area contributed by atoms with Gasteiger partial charge in [-0.15, -0.1) is 0 Å². The van der Waals surface area contributed by atoms with Gasteiger partial charge in [0.2, 0.25) is 5.91 Å². The quantitative estimate of drug-likeness (QED) is 0.622. The highest BCUT2D eigenvalue weighted by Gasteiger charge is 2.28. The summed E-state index contributed by atoms with van der Waals surface area (Å²) in [5.74, 6) is -0.120. The number of imidazole rings is 1. The molecule has 1 amide bonds. The van der Waals surface area contributed by atoms with Gasteiger partial charge in [-0.2, -0.15) is 0 Å². The molecule has 1 aliphatic rings. The number of nitrogens with zero attached hydrogens (tertiary/aromatic N) is 6. The SMILES string of the molecule is Cn1c(=O)c2c(ncn2CC(=O)N2CCNCC2c2cccnc2)n(C)c1=O. The minimum Gasteiger partial charge on any atom is -0.331 e. The van der Waals surface area contributed by atoms with Crippen LogP contribution in [0.15, 0.2) is 40.4 Å². The van der Waals surface area contributed by atoms with E-state index < -0.39 is 11.2 Å². The minimum absolute atomic E-state index is 0.0271. The molecule has 1 aliphatic heterocycles. The van der Waals surface area contributed by atoms with Crippen LogP contribution in [0.25, 0.3) is 11.2 Å². The van der Waals surface area contributed by atoms with Crippen LogP contribution in [-0.4, -0.2) is 54.1 Å². The lowest BCUT2D eigenvalue weighted by Crippen LogP contribution is -2.49. The zero-order valence-electron chi connectivity index (χ0n) is 15.7.